The quantitative estimate of drug-likeness (QED) is 0.672. The molecule has 1 saturated heterocycles. The largest absolute Gasteiger partial charge is 0.484 e. The Kier molecular flexibility index (Phi) is 7.29. The minimum atomic E-state index is -3.51. The zero-order valence-corrected chi connectivity index (χ0v) is 18.5. The Morgan fingerprint density at radius 1 is 1.00 bits per heavy atom. The number of carbonyl (C=O) groups excluding carboxylic acids is 2. The molecule has 0 saturated carbocycles. The topological polar surface area (TPSA) is 96.0 Å². The highest BCUT2D eigenvalue weighted by molar-refractivity contribution is 7.89. The van der Waals surface area contributed by atoms with Crippen molar-refractivity contribution in [3.8, 4) is 5.75 Å². The number of nitrogens with one attached hydrogen (secondary N) is 1. The third kappa shape index (κ3) is 6.05. The number of carbonyl (C=O) groups is 2. The summed E-state index contributed by atoms with van der Waals surface area (Å²) >= 11 is 0. The smallest absolute Gasteiger partial charge is 0.262 e. The maximum atomic E-state index is 12.2. The molecule has 1 aliphatic heterocycles. The molecule has 0 atom stereocenters. The molecule has 9 heteroatoms. The van der Waals surface area contributed by atoms with Crippen molar-refractivity contribution >= 4 is 27.5 Å². The predicted octanol–water partition coefficient (Wildman–Crippen LogP) is 2.12. The second-order valence-electron chi connectivity index (χ2n) is 7.56. The number of anilines is 1. The van der Waals surface area contributed by atoms with Crippen LogP contribution in [0, 0.1) is 0 Å². The highest BCUT2D eigenvalue weighted by atomic mass is 32.2. The van der Waals surface area contributed by atoms with Gasteiger partial charge in [-0.3, -0.25) is 9.59 Å². The number of hydrogen-bond acceptors (Lipinski definition) is 5. The zero-order valence-electron chi connectivity index (χ0n) is 17.7. The lowest BCUT2D eigenvalue weighted by atomic mass is 10.1. The summed E-state index contributed by atoms with van der Waals surface area (Å²) in [6.07, 6.45) is 2.49. The molecule has 1 aliphatic rings. The van der Waals surface area contributed by atoms with Gasteiger partial charge in [-0.1, -0.05) is 12.1 Å². The molecular formula is C22H27N3O5S. The van der Waals surface area contributed by atoms with E-state index in [-0.39, 0.29) is 23.3 Å². The van der Waals surface area contributed by atoms with Crippen LogP contribution in [0.25, 0.3) is 0 Å². The van der Waals surface area contributed by atoms with E-state index in [1.54, 1.807) is 12.1 Å². The van der Waals surface area contributed by atoms with Gasteiger partial charge in [0, 0.05) is 32.9 Å². The molecule has 0 radical (unpaired) electrons. The second kappa shape index (κ2) is 9.93. The Labute approximate surface area is 182 Å². The fraction of sp³-hybridized carbons (Fsp3) is 0.364. The first-order chi connectivity index (χ1) is 14.8. The number of benzene rings is 2. The van der Waals surface area contributed by atoms with Crippen LogP contribution >= 0.6 is 0 Å². The molecule has 0 bridgehead atoms. The van der Waals surface area contributed by atoms with E-state index < -0.39 is 10.0 Å². The summed E-state index contributed by atoms with van der Waals surface area (Å²) in [5.41, 5.74) is 1.51. The minimum absolute atomic E-state index is 0.132. The molecule has 2 aromatic rings. The SMILES string of the molecule is CN(C)S(=O)(=O)c1ccc(OCC(=O)Nc2ccc(CC(=O)N3CCCC3)cc2)cc1. The van der Waals surface area contributed by atoms with Crippen molar-refractivity contribution < 1.29 is 22.7 Å². The van der Waals surface area contributed by atoms with Gasteiger partial charge in [0.1, 0.15) is 5.75 Å². The van der Waals surface area contributed by atoms with Crippen molar-refractivity contribution in [2.75, 3.05) is 39.1 Å². The monoisotopic (exact) mass is 445 g/mol. The van der Waals surface area contributed by atoms with Crippen LogP contribution in [0.1, 0.15) is 18.4 Å². The number of sulfonamides is 1. The van der Waals surface area contributed by atoms with Crippen LogP contribution < -0.4 is 10.1 Å². The number of hydrogen-bond donors (Lipinski definition) is 1. The molecule has 3 rings (SSSR count). The van der Waals surface area contributed by atoms with Gasteiger partial charge in [0.15, 0.2) is 6.61 Å². The molecule has 0 spiro atoms. The fourth-order valence-electron chi connectivity index (χ4n) is 3.22. The molecule has 0 unspecified atom stereocenters. The van der Waals surface area contributed by atoms with E-state index >= 15 is 0 Å². The number of ether oxygens (including phenoxy) is 1. The standard InChI is InChI=1S/C22H27N3O5S/c1-24(2)31(28,29)20-11-9-19(10-12-20)30-16-21(26)23-18-7-5-17(6-8-18)15-22(27)25-13-3-4-14-25/h5-12H,3-4,13-16H2,1-2H3,(H,23,26). The fourth-order valence-corrected chi connectivity index (χ4v) is 4.13. The normalized spacial score (nSPS) is 14.0. The number of amides is 2. The molecule has 1 N–H and O–H groups in total. The number of likely N-dealkylation sites (tertiary alicyclic amines) is 1. The first kappa shape index (κ1) is 22.8. The van der Waals surface area contributed by atoms with Crippen molar-refractivity contribution in [3.63, 3.8) is 0 Å². The van der Waals surface area contributed by atoms with Gasteiger partial charge >= 0.3 is 0 Å². The van der Waals surface area contributed by atoms with E-state index in [1.165, 1.54) is 38.4 Å². The van der Waals surface area contributed by atoms with Crippen molar-refractivity contribution in [1.82, 2.24) is 9.21 Å². The molecule has 1 fully saturated rings. The number of rotatable bonds is 8. The molecule has 1 heterocycles. The van der Waals surface area contributed by atoms with Crippen molar-refractivity contribution in [1.29, 1.82) is 0 Å². The van der Waals surface area contributed by atoms with Crippen molar-refractivity contribution in [2.45, 2.75) is 24.2 Å². The summed E-state index contributed by atoms with van der Waals surface area (Å²) in [5.74, 6) is 0.182. The Morgan fingerprint density at radius 3 is 2.19 bits per heavy atom. The first-order valence-corrected chi connectivity index (χ1v) is 11.5. The summed E-state index contributed by atoms with van der Waals surface area (Å²) in [5, 5.41) is 2.74. The summed E-state index contributed by atoms with van der Waals surface area (Å²) < 4.78 is 30.7. The van der Waals surface area contributed by atoms with Gasteiger partial charge in [-0.05, 0) is 54.8 Å². The number of nitrogens with zero attached hydrogens (tertiary/aromatic N) is 2. The molecule has 2 amide bonds. The van der Waals surface area contributed by atoms with E-state index in [1.807, 2.05) is 17.0 Å². The molecule has 0 aliphatic carbocycles. The van der Waals surface area contributed by atoms with E-state index in [4.69, 9.17) is 4.74 Å². The van der Waals surface area contributed by atoms with Crippen LogP contribution in [0.15, 0.2) is 53.4 Å². The maximum Gasteiger partial charge on any atom is 0.262 e. The summed E-state index contributed by atoms with van der Waals surface area (Å²) in [6, 6.07) is 13.1. The van der Waals surface area contributed by atoms with Crippen LogP contribution in [-0.2, 0) is 26.0 Å². The summed E-state index contributed by atoms with van der Waals surface area (Å²) in [6.45, 7) is 1.46. The predicted molar refractivity (Wildman–Crippen MR) is 117 cm³/mol. The summed E-state index contributed by atoms with van der Waals surface area (Å²) in [4.78, 5) is 26.4. The zero-order chi connectivity index (χ0) is 22.4. The van der Waals surface area contributed by atoms with Gasteiger partial charge in [-0.25, -0.2) is 12.7 Å². The molecule has 8 nitrogen and oxygen atoms in total. The maximum absolute atomic E-state index is 12.2. The Hall–Kier alpha value is -2.91. The average molecular weight is 446 g/mol. The van der Waals surface area contributed by atoms with Gasteiger partial charge in [0.25, 0.3) is 5.91 Å². The van der Waals surface area contributed by atoms with Crippen LogP contribution in [0.5, 0.6) is 5.75 Å². The van der Waals surface area contributed by atoms with Crippen molar-refractivity contribution in [2.24, 2.45) is 0 Å². The molecule has 31 heavy (non-hydrogen) atoms. The lowest BCUT2D eigenvalue weighted by molar-refractivity contribution is -0.129. The van der Waals surface area contributed by atoms with Crippen LogP contribution in [0.2, 0.25) is 0 Å². The van der Waals surface area contributed by atoms with Crippen LogP contribution in [0.3, 0.4) is 0 Å². The lowest BCUT2D eigenvalue weighted by Crippen LogP contribution is -2.29. The average Bonchev–Trinajstić information content (AvgIpc) is 3.29. The summed E-state index contributed by atoms with van der Waals surface area (Å²) in [7, 11) is -0.586. The van der Waals surface area contributed by atoms with Crippen molar-refractivity contribution in [3.05, 3.63) is 54.1 Å². The Morgan fingerprint density at radius 2 is 1.61 bits per heavy atom. The van der Waals surface area contributed by atoms with E-state index in [2.05, 4.69) is 5.32 Å². The van der Waals surface area contributed by atoms with Crippen LogP contribution in [-0.4, -0.2) is 63.2 Å². The van der Waals surface area contributed by atoms with Gasteiger partial charge in [0.05, 0.1) is 11.3 Å². The van der Waals surface area contributed by atoms with Crippen LogP contribution in [0.4, 0.5) is 5.69 Å². The third-order valence-corrected chi connectivity index (χ3v) is 6.85. The Bertz CT molecular complexity index is 1010. The van der Waals surface area contributed by atoms with Gasteiger partial charge in [-0.2, -0.15) is 0 Å². The molecule has 166 valence electrons. The third-order valence-electron chi connectivity index (χ3n) is 5.02. The molecule has 0 aromatic heterocycles. The van der Waals surface area contributed by atoms with Gasteiger partial charge in [0.2, 0.25) is 15.9 Å². The molecular weight excluding hydrogens is 418 g/mol. The second-order valence-corrected chi connectivity index (χ2v) is 9.71. The first-order valence-electron chi connectivity index (χ1n) is 10.1. The molecule has 2 aromatic carbocycles. The highest BCUT2D eigenvalue weighted by Crippen LogP contribution is 2.18. The Balaban J connectivity index is 1.48. The van der Waals surface area contributed by atoms with E-state index in [9.17, 15) is 18.0 Å². The van der Waals surface area contributed by atoms with Gasteiger partial charge < -0.3 is 15.0 Å². The highest BCUT2D eigenvalue weighted by Gasteiger charge is 2.18. The minimum Gasteiger partial charge on any atom is -0.484 e. The van der Waals surface area contributed by atoms with E-state index in [0.29, 0.717) is 17.9 Å². The lowest BCUT2D eigenvalue weighted by Gasteiger charge is -2.15. The van der Waals surface area contributed by atoms with Gasteiger partial charge in [-0.15, -0.1) is 0 Å². The van der Waals surface area contributed by atoms with E-state index in [0.717, 1.165) is 35.8 Å².